The lowest BCUT2D eigenvalue weighted by atomic mass is 10.1. The minimum Gasteiger partial charge on any atom is -0.483 e. The van der Waals surface area contributed by atoms with Gasteiger partial charge >= 0.3 is 0 Å². The third kappa shape index (κ3) is 4.74. The molecule has 1 unspecified atom stereocenters. The van der Waals surface area contributed by atoms with Crippen molar-refractivity contribution in [1.82, 2.24) is 19.8 Å². The van der Waals surface area contributed by atoms with Crippen molar-refractivity contribution in [2.24, 2.45) is 0 Å². The number of rotatable bonds is 6. The number of likely N-dealkylation sites (tertiary alicyclic amines) is 1. The summed E-state index contributed by atoms with van der Waals surface area (Å²) in [6.45, 7) is 6.09. The van der Waals surface area contributed by atoms with Gasteiger partial charge in [0.25, 0.3) is 5.91 Å². The second-order valence-corrected chi connectivity index (χ2v) is 7.10. The standard InChI is InChI=1S/C20H27N5O2/c1-14-5-4-6-15(2)20(14)27-13-19(26)25-10-8-16(11-25)24(3)12-18-22-9-7-17(21)23-18/h4-7,9,16H,8,10-13H2,1-3H3,(H2,21,22,23). The number of nitrogen functional groups attached to an aromatic ring is 1. The van der Waals surface area contributed by atoms with Gasteiger partial charge in [-0.3, -0.25) is 9.69 Å². The van der Waals surface area contributed by atoms with Gasteiger partial charge in [-0.1, -0.05) is 18.2 Å². The highest BCUT2D eigenvalue weighted by atomic mass is 16.5. The van der Waals surface area contributed by atoms with Crippen molar-refractivity contribution in [3.8, 4) is 5.75 Å². The number of ether oxygens (including phenoxy) is 1. The number of carbonyl (C=O) groups excluding carboxylic acids is 1. The number of likely N-dealkylation sites (N-methyl/N-ethyl adjacent to an activating group) is 1. The molecule has 27 heavy (non-hydrogen) atoms. The molecule has 0 radical (unpaired) electrons. The Morgan fingerprint density at radius 3 is 2.78 bits per heavy atom. The number of carbonyl (C=O) groups is 1. The normalized spacial score (nSPS) is 16.7. The van der Waals surface area contributed by atoms with Gasteiger partial charge in [0.2, 0.25) is 0 Å². The summed E-state index contributed by atoms with van der Waals surface area (Å²) < 4.78 is 5.81. The van der Waals surface area contributed by atoms with E-state index in [0.717, 1.165) is 29.8 Å². The lowest BCUT2D eigenvalue weighted by Crippen LogP contribution is -2.38. The van der Waals surface area contributed by atoms with E-state index in [0.29, 0.717) is 24.7 Å². The highest BCUT2D eigenvalue weighted by Gasteiger charge is 2.29. The van der Waals surface area contributed by atoms with Crippen LogP contribution in [0.4, 0.5) is 5.82 Å². The first-order valence-electron chi connectivity index (χ1n) is 9.18. The third-order valence-corrected chi connectivity index (χ3v) is 5.01. The Bertz CT molecular complexity index is 790. The summed E-state index contributed by atoms with van der Waals surface area (Å²) in [5, 5.41) is 0. The molecule has 1 aliphatic rings. The number of aromatic nitrogens is 2. The molecular formula is C20H27N5O2. The predicted molar refractivity (Wildman–Crippen MR) is 104 cm³/mol. The molecule has 1 aliphatic heterocycles. The predicted octanol–water partition coefficient (Wildman–Crippen LogP) is 1.79. The molecule has 0 saturated carbocycles. The number of para-hydroxylation sites is 1. The molecule has 1 atom stereocenters. The first-order chi connectivity index (χ1) is 12.9. The SMILES string of the molecule is Cc1cccc(C)c1OCC(=O)N1CCC(N(C)Cc2nccc(N)n2)C1. The first kappa shape index (κ1) is 19.1. The molecule has 0 spiro atoms. The molecule has 3 rings (SSSR count). The number of nitrogens with zero attached hydrogens (tertiary/aromatic N) is 4. The molecule has 1 fully saturated rings. The van der Waals surface area contributed by atoms with Gasteiger partial charge in [0.05, 0.1) is 6.54 Å². The van der Waals surface area contributed by atoms with E-state index < -0.39 is 0 Å². The van der Waals surface area contributed by atoms with E-state index in [1.165, 1.54) is 0 Å². The molecule has 2 heterocycles. The van der Waals surface area contributed by atoms with Crippen molar-refractivity contribution in [2.45, 2.75) is 32.9 Å². The van der Waals surface area contributed by atoms with Gasteiger partial charge in [-0.05, 0) is 44.5 Å². The topological polar surface area (TPSA) is 84.6 Å². The molecule has 2 N–H and O–H groups in total. The van der Waals surface area contributed by atoms with Crippen molar-refractivity contribution in [3.05, 3.63) is 47.4 Å². The number of nitrogens with two attached hydrogens (primary N) is 1. The van der Waals surface area contributed by atoms with Crippen LogP contribution in [0.5, 0.6) is 5.75 Å². The largest absolute Gasteiger partial charge is 0.483 e. The Hall–Kier alpha value is -2.67. The van der Waals surface area contributed by atoms with Gasteiger partial charge in [0.15, 0.2) is 6.61 Å². The number of amides is 1. The molecule has 7 heteroatoms. The zero-order chi connectivity index (χ0) is 19.4. The third-order valence-electron chi connectivity index (χ3n) is 5.01. The second-order valence-electron chi connectivity index (χ2n) is 7.10. The molecule has 144 valence electrons. The van der Waals surface area contributed by atoms with Crippen molar-refractivity contribution in [3.63, 3.8) is 0 Å². The summed E-state index contributed by atoms with van der Waals surface area (Å²) in [6, 6.07) is 7.93. The van der Waals surface area contributed by atoms with E-state index in [4.69, 9.17) is 10.5 Å². The van der Waals surface area contributed by atoms with Crippen LogP contribution in [0.2, 0.25) is 0 Å². The molecule has 1 amide bonds. The van der Waals surface area contributed by atoms with Crippen molar-refractivity contribution >= 4 is 11.7 Å². The molecule has 1 saturated heterocycles. The maximum absolute atomic E-state index is 12.6. The maximum Gasteiger partial charge on any atom is 0.260 e. The Balaban J connectivity index is 1.51. The van der Waals surface area contributed by atoms with E-state index in [1.54, 1.807) is 12.3 Å². The molecule has 0 aliphatic carbocycles. The van der Waals surface area contributed by atoms with Crippen LogP contribution < -0.4 is 10.5 Å². The fraction of sp³-hybridized carbons (Fsp3) is 0.450. The van der Waals surface area contributed by atoms with Crippen molar-refractivity contribution in [2.75, 3.05) is 32.5 Å². The molecule has 1 aromatic heterocycles. The van der Waals surface area contributed by atoms with Crippen molar-refractivity contribution in [1.29, 1.82) is 0 Å². The van der Waals surface area contributed by atoms with Crippen LogP contribution in [0.1, 0.15) is 23.4 Å². The molecule has 7 nitrogen and oxygen atoms in total. The Morgan fingerprint density at radius 1 is 1.33 bits per heavy atom. The van der Waals surface area contributed by atoms with Crippen LogP contribution in [-0.2, 0) is 11.3 Å². The lowest BCUT2D eigenvalue weighted by Gasteiger charge is -2.24. The van der Waals surface area contributed by atoms with E-state index in [9.17, 15) is 4.79 Å². The first-order valence-corrected chi connectivity index (χ1v) is 9.18. The molecular weight excluding hydrogens is 342 g/mol. The molecule has 0 bridgehead atoms. The number of anilines is 1. The van der Waals surface area contributed by atoms with Crippen LogP contribution in [-0.4, -0.2) is 58.5 Å². The van der Waals surface area contributed by atoms with E-state index in [2.05, 4.69) is 14.9 Å². The van der Waals surface area contributed by atoms with E-state index >= 15 is 0 Å². The number of aryl methyl sites for hydroxylation is 2. The van der Waals surface area contributed by atoms with Crippen LogP contribution in [0.15, 0.2) is 30.5 Å². The summed E-state index contributed by atoms with van der Waals surface area (Å²) >= 11 is 0. The smallest absolute Gasteiger partial charge is 0.260 e. The monoisotopic (exact) mass is 369 g/mol. The number of hydrogen-bond donors (Lipinski definition) is 1. The van der Waals surface area contributed by atoms with Crippen LogP contribution in [0.25, 0.3) is 0 Å². The Labute approximate surface area is 160 Å². The summed E-state index contributed by atoms with van der Waals surface area (Å²) in [6.07, 6.45) is 2.59. The van der Waals surface area contributed by atoms with Gasteiger partial charge in [0.1, 0.15) is 17.4 Å². The highest BCUT2D eigenvalue weighted by molar-refractivity contribution is 5.78. The maximum atomic E-state index is 12.6. The zero-order valence-corrected chi connectivity index (χ0v) is 16.2. The van der Waals surface area contributed by atoms with Crippen LogP contribution in [0.3, 0.4) is 0 Å². The molecule has 2 aromatic rings. The fourth-order valence-electron chi connectivity index (χ4n) is 3.42. The average Bonchev–Trinajstić information content (AvgIpc) is 3.11. The van der Waals surface area contributed by atoms with Gasteiger partial charge in [-0.15, -0.1) is 0 Å². The van der Waals surface area contributed by atoms with E-state index in [1.807, 2.05) is 44.0 Å². The second kappa shape index (κ2) is 8.35. The van der Waals surface area contributed by atoms with Gasteiger partial charge in [-0.25, -0.2) is 9.97 Å². The zero-order valence-electron chi connectivity index (χ0n) is 16.2. The van der Waals surface area contributed by atoms with Gasteiger partial charge < -0.3 is 15.4 Å². The summed E-state index contributed by atoms with van der Waals surface area (Å²) in [4.78, 5) is 25.1. The average molecular weight is 369 g/mol. The van der Waals surface area contributed by atoms with Crippen LogP contribution >= 0.6 is 0 Å². The fourth-order valence-corrected chi connectivity index (χ4v) is 3.42. The lowest BCUT2D eigenvalue weighted by molar-refractivity contribution is -0.132. The summed E-state index contributed by atoms with van der Waals surface area (Å²) in [7, 11) is 2.03. The minimum atomic E-state index is 0.0220. The van der Waals surface area contributed by atoms with Gasteiger partial charge in [0, 0.05) is 25.3 Å². The van der Waals surface area contributed by atoms with E-state index in [-0.39, 0.29) is 18.6 Å². The summed E-state index contributed by atoms with van der Waals surface area (Å²) in [5.41, 5.74) is 7.81. The highest BCUT2D eigenvalue weighted by Crippen LogP contribution is 2.23. The Morgan fingerprint density at radius 2 is 2.07 bits per heavy atom. The van der Waals surface area contributed by atoms with Crippen molar-refractivity contribution < 1.29 is 9.53 Å². The quantitative estimate of drug-likeness (QED) is 0.836. The number of benzene rings is 1. The minimum absolute atomic E-state index is 0.0220. The van der Waals surface area contributed by atoms with Crippen LogP contribution in [0, 0.1) is 13.8 Å². The Kier molecular flexibility index (Phi) is 5.91. The molecule has 1 aromatic carbocycles. The van der Waals surface area contributed by atoms with Gasteiger partial charge in [-0.2, -0.15) is 0 Å². The number of hydrogen-bond acceptors (Lipinski definition) is 6. The summed E-state index contributed by atoms with van der Waals surface area (Å²) in [5.74, 6) is 1.99.